The molecule has 2 N–H and O–H groups in total. The average Bonchev–Trinajstić information content (AvgIpc) is 2.80. The van der Waals surface area contributed by atoms with Crippen molar-refractivity contribution in [2.24, 2.45) is 5.73 Å². The Bertz CT molecular complexity index is 553. The van der Waals surface area contributed by atoms with Crippen molar-refractivity contribution in [3.63, 3.8) is 0 Å². The van der Waals surface area contributed by atoms with E-state index in [2.05, 4.69) is 28.0 Å². The second-order valence-electron chi connectivity index (χ2n) is 4.65. The number of hydrogen-bond acceptors (Lipinski definition) is 2. The largest absolute Gasteiger partial charge is 0.327 e. The first-order valence-corrected chi connectivity index (χ1v) is 7.08. The molecule has 5 heteroatoms. The summed E-state index contributed by atoms with van der Waals surface area (Å²) in [6, 6.07) is 4.86. The monoisotopic (exact) mass is 325 g/mol. The minimum absolute atomic E-state index is 0.176. The first-order valence-electron chi connectivity index (χ1n) is 6.29. The lowest BCUT2D eigenvalue weighted by Gasteiger charge is -2.06. The smallest absolute Gasteiger partial charge is 0.124 e. The SMILES string of the molecule is CCC(N)Cc1cnn(Cc2ccc(F)cc2Br)c1. The van der Waals surface area contributed by atoms with Gasteiger partial charge in [0.05, 0.1) is 12.7 Å². The molecule has 0 saturated carbocycles. The van der Waals surface area contributed by atoms with Crippen molar-refractivity contribution >= 4 is 15.9 Å². The van der Waals surface area contributed by atoms with Gasteiger partial charge in [-0.3, -0.25) is 4.68 Å². The molecule has 0 bridgehead atoms. The van der Waals surface area contributed by atoms with Crippen molar-refractivity contribution in [3.8, 4) is 0 Å². The fraction of sp³-hybridized carbons (Fsp3) is 0.357. The highest BCUT2D eigenvalue weighted by atomic mass is 79.9. The minimum Gasteiger partial charge on any atom is -0.327 e. The highest BCUT2D eigenvalue weighted by Crippen LogP contribution is 2.19. The van der Waals surface area contributed by atoms with Crippen LogP contribution in [-0.2, 0) is 13.0 Å². The molecule has 0 radical (unpaired) electrons. The average molecular weight is 326 g/mol. The van der Waals surface area contributed by atoms with Crippen molar-refractivity contribution in [2.45, 2.75) is 32.4 Å². The van der Waals surface area contributed by atoms with Crippen LogP contribution >= 0.6 is 15.9 Å². The molecule has 1 aromatic carbocycles. The molecule has 0 aliphatic heterocycles. The summed E-state index contributed by atoms with van der Waals surface area (Å²) in [5, 5.41) is 4.31. The third kappa shape index (κ3) is 3.88. The lowest BCUT2D eigenvalue weighted by molar-refractivity contribution is 0.622. The Balaban J connectivity index is 2.07. The molecule has 0 saturated heterocycles. The fourth-order valence-corrected chi connectivity index (χ4v) is 2.35. The molecule has 19 heavy (non-hydrogen) atoms. The van der Waals surface area contributed by atoms with E-state index in [1.54, 1.807) is 6.07 Å². The van der Waals surface area contributed by atoms with Crippen LogP contribution in [0.1, 0.15) is 24.5 Å². The van der Waals surface area contributed by atoms with Crippen LogP contribution in [0.5, 0.6) is 0 Å². The van der Waals surface area contributed by atoms with E-state index in [1.807, 2.05) is 17.1 Å². The summed E-state index contributed by atoms with van der Waals surface area (Å²) in [6.07, 6.45) is 5.62. The van der Waals surface area contributed by atoms with Gasteiger partial charge in [0, 0.05) is 16.7 Å². The van der Waals surface area contributed by atoms with Crippen LogP contribution in [0.15, 0.2) is 35.1 Å². The molecule has 1 aromatic heterocycles. The van der Waals surface area contributed by atoms with E-state index in [-0.39, 0.29) is 11.9 Å². The molecule has 0 spiro atoms. The molecule has 1 heterocycles. The summed E-state index contributed by atoms with van der Waals surface area (Å²) in [5.74, 6) is -0.245. The maximum absolute atomic E-state index is 13.0. The first-order chi connectivity index (χ1) is 9.08. The van der Waals surface area contributed by atoms with Crippen molar-refractivity contribution in [1.29, 1.82) is 0 Å². The van der Waals surface area contributed by atoms with Gasteiger partial charge in [-0.25, -0.2) is 4.39 Å². The van der Waals surface area contributed by atoms with Crippen LogP contribution in [0, 0.1) is 5.82 Å². The maximum atomic E-state index is 13.0. The third-order valence-electron chi connectivity index (χ3n) is 3.06. The van der Waals surface area contributed by atoms with Crippen LogP contribution in [0.2, 0.25) is 0 Å². The number of aromatic nitrogens is 2. The number of benzene rings is 1. The minimum atomic E-state index is -0.245. The molecule has 0 amide bonds. The second kappa shape index (κ2) is 6.30. The summed E-state index contributed by atoms with van der Waals surface area (Å²) < 4.78 is 15.6. The predicted molar refractivity (Wildman–Crippen MR) is 77.4 cm³/mol. The lowest BCUT2D eigenvalue weighted by atomic mass is 10.1. The molecular weight excluding hydrogens is 309 g/mol. The fourth-order valence-electron chi connectivity index (χ4n) is 1.87. The Labute approximate surface area is 120 Å². The highest BCUT2D eigenvalue weighted by Gasteiger charge is 2.06. The Morgan fingerprint density at radius 1 is 1.47 bits per heavy atom. The molecular formula is C14H17BrFN3. The third-order valence-corrected chi connectivity index (χ3v) is 3.79. The molecule has 1 atom stereocenters. The molecule has 1 unspecified atom stereocenters. The van der Waals surface area contributed by atoms with Crippen LogP contribution < -0.4 is 5.73 Å². The van der Waals surface area contributed by atoms with Gasteiger partial charge in [-0.05, 0) is 36.1 Å². The normalized spacial score (nSPS) is 12.6. The molecule has 2 aromatic rings. The quantitative estimate of drug-likeness (QED) is 0.917. The zero-order valence-corrected chi connectivity index (χ0v) is 12.4. The van der Waals surface area contributed by atoms with E-state index in [0.29, 0.717) is 6.54 Å². The zero-order chi connectivity index (χ0) is 13.8. The number of nitrogens with two attached hydrogens (primary N) is 1. The van der Waals surface area contributed by atoms with Crippen molar-refractivity contribution in [3.05, 3.63) is 52.0 Å². The van der Waals surface area contributed by atoms with Crippen LogP contribution in [-0.4, -0.2) is 15.8 Å². The molecule has 3 nitrogen and oxygen atoms in total. The van der Waals surface area contributed by atoms with Crippen molar-refractivity contribution in [2.75, 3.05) is 0 Å². The Morgan fingerprint density at radius 3 is 2.95 bits per heavy atom. The molecule has 0 fully saturated rings. The summed E-state index contributed by atoms with van der Waals surface area (Å²) in [5.41, 5.74) is 8.05. The van der Waals surface area contributed by atoms with Gasteiger partial charge in [-0.15, -0.1) is 0 Å². The van der Waals surface area contributed by atoms with Gasteiger partial charge in [0.25, 0.3) is 0 Å². The number of nitrogens with zero attached hydrogens (tertiary/aromatic N) is 2. The second-order valence-corrected chi connectivity index (χ2v) is 5.51. The van der Waals surface area contributed by atoms with E-state index in [4.69, 9.17) is 5.73 Å². The highest BCUT2D eigenvalue weighted by molar-refractivity contribution is 9.10. The first kappa shape index (κ1) is 14.2. The van der Waals surface area contributed by atoms with E-state index in [1.165, 1.54) is 12.1 Å². The maximum Gasteiger partial charge on any atom is 0.124 e. The summed E-state index contributed by atoms with van der Waals surface area (Å²) in [6.45, 7) is 2.69. The number of hydrogen-bond donors (Lipinski definition) is 1. The summed E-state index contributed by atoms with van der Waals surface area (Å²) in [7, 11) is 0. The standard InChI is InChI=1S/C14H17BrFN3/c1-2-13(17)5-10-7-18-19(8-10)9-11-3-4-12(16)6-14(11)15/h3-4,6-8,13H,2,5,9,17H2,1H3. The summed E-state index contributed by atoms with van der Waals surface area (Å²) >= 11 is 3.36. The molecule has 102 valence electrons. The Morgan fingerprint density at radius 2 is 2.26 bits per heavy atom. The molecule has 0 aliphatic carbocycles. The van der Waals surface area contributed by atoms with E-state index >= 15 is 0 Å². The van der Waals surface area contributed by atoms with Crippen molar-refractivity contribution < 1.29 is 4.39 Å². The van der Waals surface area contributed by atoms with Gasteiger partial charge in [0.1, 0.15) is 5.82 Å². The van der Waals surface area contributed by atoms with Gasteiger partial charge in [0.2, 0.25) is 0 Å². The van der Waals surface area contributed by atoms with Gasteiger partial charge in [-0.2, -0.15) is 5.10 Å². The number of rotatable bonds is 5. The Hall–Kier alpha value is -1.20. The van der Waals surface area contributed by atoms with Crippen molar-refractivity contribution in [1.82, 2.24) is 9.78 Å². The predicted octanol–water partition coefficient (Wildman–Crippen LogP) is 3.11. The van der Waals surface area contributed by atoms with Gasteiger partial charge < -0.3 is 5.73 Å². The number of halogens is 2. The van der Waals surface area contributed by atoms with E-state index in [0.717, 1.165) is 28.4 Å². The van der Waals surface area contributed by atoms with Gasteiger partial charge >= 0.3 is 0 Å². The lowest BCUT2D eigenvalue weighted by Crippen LogP contribution is -2.21. The Kier molecular flexibility index (Phi) is 4.71. The molecule has 0 aliphatic rings. The van der Waals surface area contributed by atoms with E-state index < -0.39 is 0 Å². The van der Waals surface area contributed by atoms with Crippen LogP contribution in [0.3, 0.4) is 0 Å². The van der Waals surface area contributed by atoms with Gasteiger partial charge in [0.15, 0.2) is 0 Å². The molecule has 2 rings (SSSR count). The van der Waals surface area contributed by atoms with E-state index in [9.17, 15) is 4.39 Å². The van der Waals surface area contributed by atoms with Crippen LogP contribution in [0.25, 0.3) is 0 Å². The van der Waals surface area contributed by atoms with Crippen LogP contribution in [0.4, 0.5) is 4.39 Å². The topological polar surface area (TPSA) is 43.8 Å². The summed E-state index contributed by atoms with van der Waals surface area (Å²) in [4.78, 5) is 0. The van der Waals surface area contributed by atoms with Gasteiger partial charge in [-0.1, -0.05) is 28.9 Å². The zero-order valence-electron chi connectivity index (χ0n) is 10.8.